The minimum absolute atomic E-state index is 0.00840. The molecule has 1 aliphatic rings. The minimum Gasteiger partial charge on any atom is -0.392 e. The molecule has 3 N–H and O–H groups in total. The van der Waals surface area contributed by atoms with E-state index in [2.05, 4.69) is 45.1 Å². The van der Waals surface area contributed by atoms with E-state index in [1.54, 1.807) is 18.1 Å². The van der Waals surface area contributed by atoms with Crippen molar-refractivity contribution in [2.24, 2.45) is 7.05 Å². The Morgan fingerprint density at radius 1 is 1.00 bits per heavy atom. The Bertz CT molecular complexity index is 1430. The van der Waals surface area contributed by atoms with E-state index in [1.165, 1.54) is 0 Å². The number of carbonyl (C=O) groups is 1. The Balaban J connectivity index is 1.31. The molecule has 2 amide bonds. The van der Waals surface area contributed by atoms with E-state index in [9.17, 15) is 9.90 Å². The fourth-order valence-electron chi connectivity index (χ4n) is 4.69. The topological polar surface area (TPSA) is 111 Å². The number of urea groups is 1. The number of aliphatic hydroxyl groups is 1. The molecule has 1 saturated heterocycles. The van der Waals surface area contributed by atoms with Crippen LogP contribution in [0.5, 0.6) is 0 Å². The zero-order valence-electron chi connectivity index (χ0n) is 23.2. The van der Waals surface area contributed by atoms with Gasteiger partial charge in [0.1, 0.15) is 6.33 Å². The summed E-state index contributed by atoms with van der Waals surface area (Å²) >= 11 is 1.62. The highest BCUT2D eigenvalue weighted by atomic mass is 32.2. The summed E-state index contributed by atoms with van der Waals surface area (Å²) < 4.78 is 14.8. The lowest BCUT2D eigenvalue weighted by Gasteiger charge is -2.36. The predicted molar refractivity (Wildman–Crippen MR) is 158 cm³/mol. The summed E-state index contributed by atoms with van der Waals surface area (Å²) in [4.78, 5) is 11.8. The van der Waals surface area contributed by atoms with Crippen LogP contribution in [-0.4, -0.2) is 44.3 Å². The molecule has 3 atom stereocenters. The molecule has 0 unspecified atom stereocenters. The summed E-state index contributed by atoms with van der Waals surface area (Å²) in [7, 11) is 1.93. The first kappa shape index (κ1) is 28.8. The Hall–Kier alpha value is -3.70. The van der Waals surface area contributed by atoms with Crippen molar-refractivity contribution in [3.05, 3.63) is 101 Å². The minimum atomic E-state index is -0.530. The molecule has 3 aromatic carbocycles. The fraction of sp³-hybridized carbons (Fsp3) is 0.323. The molecule has 1 fully saturated rings. The largest absolute Gasteiger partial charge is 0.392 e. The van der Waals surface area contributed by atoms with Gasteiger partial charge < -0.3 is 29.8 Å². The van der Waals surface area contributed by atoms with Crippen molar-refractivity contribution in [3.8, 4) is 11.1 Å². The molecule has 1 aromatic heterocycles. The zero-order chi connectivity index (χ0) is 28.6. The van der Waals surface area contributed by atoms with E-state index in [-0.39, 0.29) is 24.8 Å². The molecular weight excluding hydrogens is 538 g/mol. The first-order chi connectivity index (χ1) is 20.0. The third-order valence-corrected chi connectivity index (χ3v) is 8.08. The van der Waals surface area contributed by atoms with Gasteiger partial charge in [0.2, 0.25) is 0 Å². The number of thioether (sulfide) groups is 1. The number of aliphatic hydroxyl groups excluding tert-OH is 1. The number of aromatic nitrogens is 3. The van der Waals surface area contributed by atoms with Gasteiger partial charge in [0.15, 0.2) is 11.4 Å². The summed E-state index contributed by atoms with van der Waals surface area (Å²) in [5.74, 6) is 0.715. The van der Waals surface area contributed by atoms with Crippen LogP contribution in [0.4, 0.5) is 4.79 Å². The Morgan fingerprint density at radius 2 is 1.78 bits per heavy atom. The van der Waals surface area contributed by atoms with Crippen molar-refractivity contribution < 1.29 is 19.4 Å². The van der Waals surface area contributed by atoms with Crippen LogP contribution in [0.2, 0.25) is 0 Å². The van der Waals surface area contributed by atoms with E-state index in [1.807, 2.05) is 67.1 Å². The highest BCUT2D eigenvalue weighted by Gasteiger charge is 2.32. The van der Waals surface area contributed by atoms with Crippen LogP contribution in [-0.2, 0) is 29.7 Å². The van der Waals surface area contributed by atoms with Crippen LogP contribution < -0.4 is 10.6 Å². The normalized spacial score (nSPS) is 18.7. The number of amides is 2. The van der Waals surface area contributed by atoms with Gasteiger partial charge in [-0.2, -0.15) is 0 Å². The number of ether oxygens (including phenoxy) is 2. The molecule has 0 aliphatic carbocycles. The van der Waals surface area contributed by atoms with E-state index >= 15 is 0 Å². The molecule has 0 bridgehead atoms. The second kappa shape index (κ2) is 13.8. The summed E-state index contributed by atoms with van der Waals surface area (Å²) in [5.41, 5.74) is 6.01. The van der Waals surface area contributed by atoms with Crippen molar-refractivity contribution in [2.45, 2.75) is 50.2 Å². The average molecular weight is 574 g/mol. The number of carbonyl (C=O) groups excluding carboxylic acids is 1. The molecule has 0 saturated carbocycles. The van der Waals surface area contributed by atoms with Crippen LogP contribution in [0.25, 0.3) is 11.1 Å². The van der Waals surface area contributed by atoms with E-state index < -0.39 is 6.29 Å². The van der Waals surface area contributed by atoms with Gasteiger partial charge in [0.05, 0.1) is 18.8 Å². The third kappa shape index (κ3) is 7.53. The van der Waals surface area contributed by atoms with E-state index in [4.69, 9.17) is 9.47 Å². The van der Waals surface area contributed by atoms with Gasteiger partial charge >= 0.3 is 6.03 Å². The van der Waals surface area contributed by atoms with Gasteiger partial charge in [-0.15, -0.1) is 10.2 Å². The second-order valence-electron chi connectivity index (χ2n) is 9.92. The lowest BCUT2D eigenvalue weighted by molar-refractivity contribution is -0.245. The smallest absolute Gasteiger partial charge is 0.315 e. The quantitative estimate of drug-likeness (QED) is 0.226. The monoisotopic (exact) mass is 573 g/mol. The number of nitrogens with one attached hydrogen (secondary N) is 2. The Morgan fingerprint density at radius 3 is 2.49 bits per heavy atom. The van der Waals surface area contributed by atoms with Crippen molar-refractivity contribution in [1.29, 1.82) is 0 Å². The number of nitrogens with zero attached hydrogens (tertiary/aromatic N) is 3. The SMILES string of the molecule is CCNC(=O)NCc1cccc(-c2ccc([C@H]3O[C@@H](CSc4nncn4C)C[C@@H](c4ccc(CO)cc4)O3)cc2)c1. The molecule has 5 rings (SSSR count). The van der Waals surface area contributed by atoms with Gasteiger partial charge in [-0.25, -0.2) is 4.79 Å². The Kier molecular flexibility index (Phi) is 9.68. The zero-order valence-corrected chi connectivity index (χ0v) is 24.0. The molecule has 2 heterocycles. The van der Waals surface area contributed by atoms with Crippen LogP contribution in [0.15, 0.2) is 84.3 Å². The first-order valence-electron chi connectivity index (χ1n) is 13.7. The van der Waals surface area contributed by atoms with Gasteiger partial charge in [-0.05, 0) is 40.8 Å². The van der Waals surface area contributed by atoms with Crippen LogP contribution >= 0.6 is 11.8 Å². The molecule has 4 aromatic rings. The van der Waals surface area contributed by atoms with Crippen molar-refractivity contribution in [1.82, 2.24) is 25.4 Å². The predicted octanol–water partition coefficient (Wildman–Crippen LogP) is 5.13. The standard InChI is InChI=1S/C31H35N5O4S/c1-3-32-30(38)33-17-22-5-4-6-26(15-22)23-11-13-25(14-12-23)29-39-27(19-41-31-35-34-20-36(31)2)16-28(40-29)24-9-7-21(18-37)8-10-24/h4-15,20,27-29,37H,3,16-19H2,1-2H3,(H2,32,33,38)/t27-,28+,29+/m1/s1. The summed E-state index contributed by atoms with van der Waals surface area (Å²) in [6.45, 7) is 2.94. The molecule has 0 spiro atoms. The van der Waals surface area contributed by atoms with Crippen molar-refractivity contribution in [2.75, 3.05) is 12.3 Å². The number of hydrogen-bond acceptors (Lipinski definition) is 7. The third-order valence-electron chi connectivity index (χ3n) is 6.92. The summed E-state index contributed by atoms with van der Waals surface area (Å²) in [6.07, 6.45) is 1.65. The summed E-state index contributed by atoms with van der Waals surface area (Å²) in [5, 5.41) is 24.1. The average Bonchev–Trinajstić information content (AvgIpc) is 3.43. The molecule has 41 heavy (non-hydrogen) atoms. The first-order valence-corrected chi connectivity index (χ1v) is 14.7. The van der Waals surface area contributed by atoms with Crippen LogP contribution in [0, 0.1) is 0 Å². The number of rotatable bonds is 10. The number of benzene rings is 3. The lowest BCUT2D eigenvalue weighted by atomic mass is 9.99. The second-order valence-corrected chi connectivity index (χ2v) is 10.9. The van der Waals surface area contributed by atoms with Gasteiger partial charge in [0.25, 0.3) is 0 Å². The number of aryl methyl sites for hydroxylation is 1. The number of hydrogen-bond donors (Lipinski definition) is 3. The van der Waals surface area contributed by atoms with Gasteiger partial charge in [0, 0.05) is 37.9 Å². The van der Waals surface area contributed by atoms with E-state index in [0.29, 0.717) is 25.3 Å². The maximum absolute atomic E-state index is 11.8. The van der Waals surface area contributed by atoms with Crippen LogP contribution in [0.1, 0.15) is 48.0 Å². The van der Waals surface area contributed by atoms with Crippen molar-refractivity contribution in [3.63, 3.8) is 0 Å². The van der Waals surface area contributed by atoms with E-state index in [0.717, 1.165) is 38.5 Å². The highest BCUT2D eigenvalue weighted by molar-refractivity contribution is 7.99. The summed E-state index contributed by atoms with van der Waals surface area (Å²) in [6, 6.07) is 24.1. The lowest BCUT2D eigenvalue weighted by Crippen LogP contribution is -2.34. The molecule has 214 valence electrons. The fourth-order valence-corrected chi connectivity index (χ4v) is 5.60. The molecule has 0 radical (unpaired) electrons. The maximum atomic E-state index is 11.8. The Labute approximate surface area is 244 Å². The van der Waals surface area contributed by atoms with Gasteiger partial charge in [-0.1, -0.05) is 78.5 Å². The highest BCUT2D eigenvalue weighted by Crippen LogP contribution is 2.39. The molecule has 1 aliphatic heterocycles. The molecular formula is C31H35N5O4S. The molecule has 10 heteroatoms. The van der Waals surface area contributed by atoms with Crippen molar-refractivity contribution >= 4 is 17.8 Å². The van der Waals surface area contributed by atoms with Gasteiger partial charge in [-0.3, -0.25) is 0 Å². The van der Waals surface area contributed by atoms with Crippen LogP contribution in [0.3, 0.4) is 0 Å². The maximum Gasteiger partial charge on any atom is 0.315 e. The molecule has 9 nitrogen and oxygen atoms in total.